The third kappa shape index (κ3) is 7.28. The zero-order valence-electron chi connectivity index (χ0n) is 26.7. The summed E-state index contributed by atoms with van der Waals surface area (Å²) in [7, 11) is 1.52. The maximum absolute atomic E-state index is 12.9. The van der Waals surface area contributed by atoms with Crippen LogP contribution in [-0.4, -0.2) is 112 Å². The highest BCUT2D eigenvalue weighted by molar-refractivity contribution is 5.86. The summed E-state index contributed by atoms with van der Waals surface area (Å²) in [6.07, 6.45) is -14.5. The molecule has 15 nitrogen and oxygen atoms in total. The molecule has 2 aliphatic rings. The van der Waals surface area contributed by atoms with E-state index in [0.717, 1.165) is 6.07 Å². The lowest BCUT2D eigenvalue weighted by Gasteiger charge is -2.43. The maximum Gasteiger partial charge on any atom is 0.309 e. The molecule has 6 N–H and O–H groups in total. The number of rotatable bonds is 10. The normalized spacial score (nSPS) is 31.3. The molecular weight excluding hydrogens is 636 g/mol. The average Bonchev–Trinajstić information content (AvgIpc) is 3.07. The number of phenols is 1. The van der Waals surface area contributed by atoms with E-state index < -0.39 is 91.1 Å². The molecule has 0 aliphatic carbocycles. The molecule has 262 valence electrons. The highest BCUT2D eigenvalue weighted by atomic mass is 16.7. The molecule has 5 rings (SSSR count). The van der Waals surface area contributed by atoms with Gasteiger partial charge in [-0.3, -0.25) is 9.59 Å². The Kier molecular flexibility index (Phi) is 10.9. The first-order valence-electron chi connectivity index (χ1n) is 15.5. The quantitative estimate of drug-likeness (QED) is 0.163. The highest BCUT2D eigenvalue weighted by Gasteiger charge is 2.49. The average molecular weight is 677 g/mol. The minimum Gasteiger partial charge on any atom is -0.507 e. The Balaban J connectivity index is 1.34. The van der Waals surface area contributed by atoms with E-state index in [2.05, 4.69) is 0 Å². The Labute approximate surface area is 274 Å². The number of phenolic OH excluding ortho intramolecular Hbond substituents is 1. The topological polar surface area (TPSA) is 224 Å². The van der Waals surface area contributed by atoms with Crippen LogP contribution in [-0.2, 0) is 23.7 Å². The Bertz CT molecular complexity index is 1620. The van der Waals surface area contributed by atoms with Crippen molar-refractivity contribution < 1.29 is 68.3 Å². The molecule has 0 spiro atoms. The standard InChI is InChI=1S/C33H40O15/c1-5-14(2)31(41)48-30-28(39)25(36)15(3)44-33(30)43-13-23-26(37)27(38)29(40)32(47-23)45-18-10-19(34)24-20(35)12-21(46-22(24)11-18)16-6-8-17(42-4)9-7-16/h6-12,14-15,23,25-30,32-34,36-40H,5,13H2,1-4H3/t14?,15-,23?,25-,26+,27-,28?,29?,30?,32+,33+/m0/s1. The lowest BCUT2D eigenvalue weighted by molar-refractivity contribution is -0.320. The second-order valence-corrected chi connectivity index (χ2v) is 11.9. The summed E-state index contributed by atoms with van der Waals surface area (Å²) in [4.78, 5) is 25.4. The van der Waals surface area contributed by atoms with E-state index in [-0.39, 0.29) is 22.5 Å². The molecule has 15 heteroatoms. The predicted molar refractivity (Wildman–Crippen MR) is 165 cm³/mol. The molecule has 3 aromatic rings. The maximum atomic E-state index is 12.9. The van der Waals surface area contributed by atoms with E-state index in [0.29, 0.717) is 17.7 Å². The number of carbonyl (C=O) groups is 1. The summed E-state index contributed by atoms with van der Waals surface area (Å²) in [5, 5.41) is 63.5. The molecule has 2 aliphatic heterocycles. The molecule has 2 fully saturated rings. The zero-order valence-corrected chi connectivity index (χ0v) is 26.7. The van der Waals surface area contributed by atoms with Crippen LogP contribution in [0.4, 0.5) is 0 Å². The summed E-state index contributed by atoms with van der Waals surface area (Å²) in [6.45, 7) is 4.38. The van der Waals surface area contributed by atoms with Crippen LogP contribution < -0.4 is 14.9 Å². The molecule has 0 saturated carbocycles. The van der Waals surface area contributed by atoms with E-state index in [9.17, 15) is 40.2 Å². The first kappa shape index (κ1) is 35.5. The van der Waals surface area contributed by atoms with Crippen molar-refractivity contribution in [2.45, 2.75) is 88.6 Å². The predicted octanol–water partition coefficient (Wildman–Crippen LogP) is 0.802. The van der Waals surface area contributed by atoms with Crippen molar-refractivity contribution in [1.29, 1.82) is 0 Å². The third-order valence-electron chi connectivity index (χ3n) is 8.55. The van der Waals surface area contributed by atoms with Gasteiger partial charge in [0.25, 0.3) is 0 Å². The fourth-order valence-corrected chi connectivity index (χ4v) is 5.36. The van der Waals surface area contributed by atoms with Gasteiger partial charge < -0.3 is 63.5 Å². The van der Waals surface area contributed by atoms with Gasteiger partial charge in [-0.05, 0) is 37.6 Å². The summed E-state index contributed by atoms with van der Waals surface area (Å²) in [5.41, 5.74) is -0.0147. The number of methoxy groups -OCH3 is 1. The molecule has 11 atom stereocenters. The van der Waals surface area contributed by atoms with Crippen LogP contribution in [0.2, 0.25) is 0 Å². The number of esters is 1. The number of hydrogen-bond acceptors (Lipinski definition) is 15. The first-order chi connectivity index (χ1) is 22.8. The van der Waals surface area contributed by atoms with Crippen LogP contribution in [0, 0.1) is 5.92 Å². The number of ether oxygens (including phenoxy) is 6. The van der Waals surface area contributed by atoms with Gasteiger partial charge in [0.05, 0.1) is 25.7 Å². The Morgan fingerprint density at radius 3 is 2.27 bits per heavy atom. The van der Waals surface area contributed by atoms with Gasteiger partial charge >= 0.3 is 5.97 Å². The minimum absolute atomic E-state index is 0.0450. The van der Waals surface area contributed by atoms with Crippen molar-refractivity contribution in [3.8, 4) is 28.6 Å². The van der Waals surface area contributed by atoms with Crippen LogP contribution >= 0.6 is 0 Å². The van der Waals surface area contributed by atoms with Crippen molar-refractivity contribution in [3.63, 3.8) is 0 Å². The summed E-state index contributed by atoms with van der Waals surface area (Å²) in [5.74, 6) is -0.955. The first-order valence-corrected chi connectivity index (χ1v) is 15.5. The highest BCUT2D eigenvalue weighted by Crippen LogP contribution is 2.34. The van der Waals surface area contributed by atoms with Crippen LogP contribution in [0.3, 0.4) is 0 Å². The van der Waals surface area contributed by atoms with Crippen molar-refractivity contribution in [1.82, 2.24) is 0 Å². The molecule has 2 aromatic carbocycles. The number of aromatic hydroxyl groups is 1. The smallest absolute Gasteiger partial charge is 0.309 e. The molecular formula is C33H40O15. The lowest BCUT2D eigenvalue weighted by Crippen LogP contribution is -2.62. The fraction of sp³-hybridized carbons (Fsp3) is 0.515. The summed E-state index contributed by atoms with van der Waals surface area (Å²) < 4.78 is 39.4. The fourth-order valence-electron chi connectivity index (χ4n) is 5.36. The van der Waals surface area contributed by atoms with E-state index in [1.54, 1.807) is 38.1 Å². The summed E-state index contributed by atoms with van der Waals surface area (Å²) in [6, 6.07) is 10.4. The monoisotopic (exact) mass is 676 g/mol. The van der Waals surface area contributed by atoms with Crippen molar-refractivity contribution in [3.05, 3.63) is 52.7 Å². The molecule has 3 heterocycles. The van der Waals surface area contributed by atoms with Crippen molar-refractivity contribution >= 4 is 16.9 Å². The molecule has 0 bridgehead atoms. The summed E-state index contributed by atoms with van der Waals surface area (Å²) >= 11 is 0. The van der Waals surface area contributed by atoms with Gasteiger partial charge in [0.2, 0.25) is 6.29 Å². The van der Waals surface area contributed by atoms with Gasteiger partial charge in [0.1, 0.15) is 70.6 Å². The van der Waals surface area contributed by atoms with Crippen LogP contribution in [0.5, 0.6) is 17.2 Å². The largest absolute Gasteiger partial charge is 0.507 e. The molecule has 5 unspecified atom stereocenters. The molecule has 0 amide bonds. The van der Waals surface area contributed by atoms with E-state index in [1.165, 1.54) is 26.2 Å². The Hall–Kier alpha value is -3.80. The molecule has 1 aromatic heterocycles. The van der Waals surface area contributed by atoms with Gasteiger partial charge in [-0.2, -0.15) is 0 Å². The van der Waals surface area contributed by atoms with Gasteiger partial charge in [0, 0.05) is 23.8 Å². The van der Waals surface area contributed by atoms with E-state index >= 15 is 0 Å². The SMILES string of the molecule is CCC(C)C(=O)OC1C(O)[C@@H](O)[C@H](C)O[C@H]1OCC1O[C@@H](Oc2cc(O)c3c(=O)cc(-c4ccc(OC)cc4)oc3c2)C(O)[C@@H](O)[C@@H]1O. The van der Waals surface area contributed by atoms with Gasteiger partial charge in [-0.1, -0.05) is 13.8 Å². The van der Waals surface area contributed by atoms with Gasteiger partial charge in [-0.15, -0.1) is 0 Å². The Morgan fingerprint density at radius 1 is 0.896 bits per heavy atom. The molecule has 2 saturated heterocycles. The second kappa shape index (κ2) is 14.8. The number of aliphatic hydroxyl groups excluding tert-OH is 5. The van der Waals surface area contributed by atoms with Crippen LogP contribution in [0.15, 0.2) is 51.7 Å². The molecule has 48 heavy (non-hydrogen) atoms. The third-order valence-corrected chi connectivity index (χ3v) is 8.55. The second-order valence-electron chi connectivity index (χ2n) is 11.9. The molecule has 0 radical (unpaired) electrons. The van der Waals surface area contributed by atoms with Crippen LogP contribution in [0.1, 0.15) is 27.2 Å². The number of fused-ring (bicyclic) bond motifs is 1. The zero-order chi connectivity index (χ0) is 34.9. The van der Waals surface area contributed by atoms with Crippen LogP contribution in [0.25, 0.3) is 22.3 Å². The van der Waals surface area contributed by atoms with E-state index in [4.69, 9.17) is 32.8 Å². The minimum atomic E-state index is -1.79. The van der Waals surface area contributed by atoms with Gasteiger partial charge in [-0.25, -0.2) is 0 Å². The number of benzene rings is 2. The van der Waals surface area contributed by atoms with E-state index in [1.807, 2.05) is 0 Å². The van der Waals surface area contributed by atoms with Crippen molar-refractivity contribution in [2.24, 2.45) is 5.92 Å². The number of aliphatic hydroxyl groups is 5. The number of carbonyl (C=O) groups excluding carboxylic acids is 1. The Morgan fingerprint density at radius 2 is 1.60 bits per heavy atom. The van der Waals surface area contributed by atoms with Gasteiger partial charge in [0.15, 0.2) is 17.8 Å². The van der Waals surface area contributed by atoms with Crippen molar-refractivity contribution in [2.75, 3.05) is 13.7 Å². The number of hydrogen-bond donors (Lipinski definition) is 6. The lowest BCUT2D eigenvalue weighted by atomic mass is 9.98.